The largest absolute Gasteiger partial charge is 0.300 e. The number of halogens is 1. The van der Waals surface area contributed by atoms with Crippen molar-refractivity contribution in [3.8, 4) is 0 Å². The van der Waals surface area contributed by atoms with Crippen LogP contribution in [0.5, 0.6) is 0 Å². The lowest BCUT2D eigenvalue weighted by Crippen LogP contribution is -2.40. The average Bonchev–Trinajstić information content (AvgIpc) is 2.92. The lowest BCUT2D eigenvalue weighted by atomic mass is 10.2. The minimum absolute atomic E-state index is 0.0693. The summed E-state index contributed by atoms with van der Waals surface area (Å²) in [6.07, 6.45) is 2.15. The maximum atomic E-state index is 11.8. The Kier molecular flexibility index (Phi) is 2.80. The topological polar surface area (TPSA) is 49.4 Å². The van der Waals surface area contributed by atoms with Gasteiger partial charge in [0.25, 0.3) is 0 Å². The third-order valence-corrected chi connectivity index (χ3v) is 2.77. The predicted molar refractivity (Wildman–Crippen MR) is 56.3 cm³/mol. The van der Waals surface area contributed by atoms with Gasteiger partial charge in [-0.2, -0.15) is 0 Å². The van der Waals surface area contributed by atoms with Crippen molar-refractivity contribution in [3.05, 3.63) is 11.6 Å². The number of nitrogens with one attached hydrogen (secondary N) is 1. The summed E-state index contributed by atoms with van der Waals surface area (Å²) < 4.78 is 0. The van der Waals surface area contributed by atoms with E-state index in [-0.39, 0.29) is 24.3 Å². The molecule has 0 bridgehead atoms. The first-order chi connectivity index (χ1) is 7.09. The molecule has 4 nitrogen and oxygen atoms in total. The van der Waals surface area contributed by atoms with Crippen LogP contribution in [0.4, 0.5) is 0 Å². The zero-order valence-electron chi connectivity index (χ0n) is 8.33. The molecule has 5 heteroatoms. The molecule has 2 fully saturated rings. The Morgan fingerprint density at radius 3 is 2.73 bits per heavy atom. The first-order valence-corrected chi connectivity index (χ1v) is 5.40. The molecule has 15 heavy (non-hydrogen) atoms. The van der Waals surface area contributed by atoms with Crippen molar-refractivity contribution in [3.63, 3.8) is 0 Å². The zero-order valence-corrected chi connectivity index (χ0v) is 9.09. The van der Waals surface area contributed by atoms with Crippen molar-refractivity contribution >= 4 is 23.4 Å². The number of carbonyl (C=O) groups excluding carboxylic acids is 2. The van der Waals surface area contributed by atoms with Crippen LogP contribution in [0.25, 0.3) is 0 Å². The molecule has 0 aromatic rings. The monoisotopic (exact) mass is 228 g/mol. The van der Waals surface area contributed by atoms with Crippen molar-refractivity contribution < 1.29 is 9.59 Å². The standard InChI is InChI=1S/C10H13ClN2O2/c1-6(11)5-12-8-4-9(14)13(10(8)15)7-2-3-7/h7-8,12H,1-5H2. The molecule has 1 unspecified atom stereocenters. The van der Waals surface area contributed by atoms with E-state index in [0.717, 1.165) is 12.8 Å². The van der Waals surface area contributed by atoms with Crippen LogP contribution in [0.15, 0.2) is 11.6 Å². The Labute approximate surface area is 93.3 Å². The molecule has 0 spiro atoms. The number of nitrogens with zero attached hydrogens (tertiary/aromatic N) is 1. The molecule has 1 heterocycles. The van der Waals surface area contributed by atoms with E-state index in [1.807, 2.05) is 0 Å². The molecular formula is C10H13ClN2O2. The summed E-state index contributed by atoms with van der Waals surface area (Å²) in [7, 11) is 0. The van der Waals surface area contributed by atoms with Crippen LogP contribution < -0.4 is 5.32 Å². The summed E-state index contributed by atoms with van der Waals surface area (Å²) in [6, 6.07) is -0.246. The van der Waals surface area contributed by atoms with E-state index in [1.54, 1.807) is 0 Å². The highest BCUT2D eigenvalue weighted by Gasteiger charge is 2.45. The molecular weight excluding hydrogens is 216 g/mol. The van der Waals surface area contributed by atoms with E-state index in [0.29, 0.717) is 11.6 Å². The van der Waals surface area contributed by atoms with Crippen molar-refractivity contribution in [2.45, 2.75) is 31.3 Å². The Bertz CT molecular complexity index is 325. The summed E-state index contributed by atoms with van der Waals surface area (Å²) in [5, 5.41) is 3.37. The first-order valence-electron chi connectivity index (χ1n) is 5.02. The molecule has 1 aliphatic carbocycles. The van der Waals surface area contributed by atoms with Gasteiger partial charge in [0.2, 0.25) is 11.8 Å². The van der Waals surface area contributed by atoms with Crippen molar-refractivity contribution in [1.29, 1.82) is 0 Å². The Morgan fingerprint density at radius 1 is 1.53 bits per heavy atom. The van der Waals surface area contributed by atoms with Gasteiger partial charge in [-0.3, -0.25) is 14.5 Å². The van der Waals surface area contributed by atoms with Gasteiger partial charge in [-0.05, 0) is 12.8 Å². The summed E-state index contributed by atoms with van der Waals surface area (Å²) in [5.41, 5.74) is 0. The fourth-order valence-corrected chi connectivity index (χ4v) is 1.84. The first kappa shape index (κ1) is 10.6. The van der Waals surface area contributed by atoms with Crippen LogP contribution in [0.2, 0.25) is 0 Å². The number of likely N-dealkylation sites (tertiary alicyclic amines) is 1. The Morgan fingerprint density at radius 2 is 2.20 bits per heavy atom. The molecule has 1 saturated heterocycles. The van der Waals surface area contributed by atoms with Crippen molar-refractivity contribution in [2.24, 2.45) is 0 Å². The van der Waals surface area contributed by atoms with E-state index in [2.05, 4.69) is 11.9 Å². The molecule has 1 N–H and O–H groups in total. The summed E-state index contributed by atoms with van der Waals surface area (Å²) in [5.74, 6) is -0.180. The second kappa shape index (κ2) is 3.94. The second-order valence-corrected chi connectivity index (χ2v) is 4.52. The maximum Gasteiger partial charge on any atom is 0.247 e. The van der Waals surface area contributed by atoms with Gasteiger partial charge in [0.05, 0.1) is 12.5 Å². The van der Waals surface area contributed by atoms with E-state index >= 15 is 0 Å². The van der Waals surface area contributed by atoms with Gasteiger partial charge < -0.3 is 5.32 Å². The fourth-order valence-electron chi connectivity index (χ4n) is 1.76. The number of rotatable bonds is 4. The minimum Gasteiger partial charge on any atom is -0.300 e. The molecule has 2 aliphatic rings. The summed E-state index contributed by atoms with van der Waals surface area (Å²) in [6.45, 7) is 3.88. The number of imide groups is 1. The van der Waals surface area contributed by atoms with Crippen LogP contribution in [0.3, 0.4) is 0 Å². The molecule has 1 aliphatic heterocycles. The van der Waals surface area contributed by atoms with Crippen molar-refractivity contribution in [1.82, 2.24) is 10.2 Å². The van der Waals surface area contributed by atoms with Crippen LogP contribution in [-0.4, -0.2) is 35.3 Å². The van der Waals surface area contributed by atoms with Crippen LogP contribution in [0, 0.1) is 0 Å². The zero-order chi connectivity index (χ0) is 11.0. The normalized spacial score (nSPS) is 26.2. The van der Waals surface area contributed by atoms with Gasteiger partial charge in [-0.1, -0.05) is 18.2 Å². The van der Waals surface area contributed by atoms with E-state index < -0.39 is 6.04 Å². The summed E-state index contributed by atoms with van der Waals surface area (Å²) >= 11 is 5.58. The van der Waals surface area contributed by atoms with Crippen LogP contribution >= 0.6 is 11.6 Å². The molecule has 1 atom stereocenters. The van der Waals surface area contributed by atoms with Gasteiger partial charge in [-0.25, -0.2) is 0 Å². The molecule has 2 amide bonds. The lowest BCUT2D eigenvalue weighted by Gasteiger charge is -2.13. The third-order valence-electron chi connectivity index (χ3n) is 2.64. The van der Waals surface area contributed by atoms with Gasteiger partial charge >= 0.3 is 0 Å². The quantitative estimate of drug-likeness (QED) is 0.718. The highest BCUT2D eigenvalue weighted by Crippen LogP contribution is 2.31. The average molecular weight is 229 g/mol. The lowest BCUT2D eigenvalue weighted by molar-refractivity contribution is -0.139. The molecule has 1 saturated carbocycles. The van der Waals surface area contributed by atoms with Crippen LogP contribution in [-0.2, 0) is 9.59 Å². The van der Waals surface area contributed by atoms with Gasteiger partial charge in [0.15, 0.2) is 0 Å². The predicted octanol–water partition coefficient (Wildman–Crippen LogP) is 0.618. The third kappa shape index (κ3) is 2.21. The van der Waals surface area contributed by atoms with Gasteiger partial charge in [0, 0.05) is 17.6 Å². The fraction of sp³-hybridized carbons (Fsp3) is 0.600. The van der Waals surface area contributed by atoms with Crippen LogP contribution in [0.1, 0.15) is 19.3 Å². The Balaban J connectivity index is 1.95. The molecule has 0 aromatic heterocycles. The smallest absolute Gasteiger partial charge is 0.247 e. The molecule has 0 aromatic carbocycles. The highest BCUT2D eigenvalue weighted by atomic mass is 35.5. The number of hydrogen-bond acceptors (Lipinski definition) is 3. The van der Waals surface area contributed by atoms with Gasteiger partial charge in [0.1, 0.15) is 0 Å². The highest BCUT2D eigenvalue weighted by molar-refractivity contribution is 6.29. The van der Waals surface area contributed by atoms with Crippen molar-refractivity contribution in [2.75, 3.05) is 6.54 Å². The molecule has 0 radical (unpaired) electrons. The summed E-state index contributed by atoms with van der Waals surface area (Å²) in [4.78, 5) is 24.7. The second-order valence-electron chi connectivity index (χ2n) is 3.99. The molecule has 2 rings (SSSR count). The van der Waals surface area contributed by atoms with E-state index in [1.165, 1.54) is 4.90 Å². The number of carbonyl (C=O) groups is 2. The van der Waals surface area contributed by atoms with E-state index in [4.69, 9.17) is 11.6 Å². The minimum atomic E-state index is -0.409. The van der Waals surface area contributed by atoms with Gasteiger partial charge in [-0.15, -0.1) is 0 Å². The molecule has 82 valence electrons. The maximum absolute atomic E-state index is 11.8. The Hall–Kier alpha value is -0.870. The number of hydrogen-bond donors (Lipinski definition) is 1. The number of amides is 2. The van der Waals surface area contributed by atoms with E-state index in [9.17, 15) is 9.59 Å². The SMILES string of the molecule is C=C(Cl)CNC1CC(=O)N(C2CC2)C1=O.